The first-order chi connectivity index (χ1) is 9.79. The SMILES string of the molecule is COc1ccccc1OCC(O)CNCc1ccsc1. The molecule has 0 amide bonds. The Bertz CT molecular complexity index is 502. The quantitative estimate of drug-likeness (QED) is 0.784. The Morgan fingerprint density at radius 1 is 1.25 bits per heavy atom. The molecule has 1 heterocycles. The van der Waals surface area contributed by atoms with E-state index in [9.17, 15) is 5.11 Å². The van der Waals surface area contributed by atoms with E-state index in [-0.39, 0.29) is 6.61 Å². The fourth-order valence-electron chi connectivity index (χ4n) is 1.76. The highest BCUT2D eigenvalue weighted by atomic mass is 32.1. The highest BCUT2D eigenvalue weighted by molar-refractivity contribution is 7.07. The molecule has 2 N–H and O–H groups in total. The average Bonchev–Trinajstić information content (AvgIpc) is 2.98. The van der Waals surface area contributed by atoms with Crippen molar-refractivity contribution in [1.82, 2.24) is 5.32 Å². The van der Waals surface area contributed by atoms with Crippen LogP contribution in [0.2, 0.25) is 0 Å². The van der Waals surface area contributed by atoms with Crippen LogP contribution in [0, 0.1) is 0 Å². The van der Waals surface area contributed by atoms with Crippen molar-refractivity contribution < 1.29 is 14.6 Å². The Balaban J connectivity index is 1.70. The first-order valence-corrected chi connectivity index (χ1v) is 7.39. The minimum Gasteiger partial charge on any atom is -0.493 e. The normalized spacial score (nSPS) is 12.1. The summed E-state index contributed by atoms with van der Waals surface area (Å²) in [6.07, 6.45) is -0.557. The lowest BCUT2D eigenvalue weighted by Gasteiger charge is -2.14. The standard InChI is InChI=1S/C15H19NO3S/c1-18-14-4-2-3-5-15(14)19-10-13(17)9-16-8-12-6-7-20-11-12/h2-7,11,13,16-17H,8-10H2,1H3. The van der Waals surface area contributed by atoms with Crippen molar-refractivity contribution in [2.75, 3.05) is 20.3 Å². The molecule has 0 saturated heterocycles. The summed E-state index contributed by atoms with van der Waals surface area (Å²) >= 11 is 1.67. The highest BCUT2D eigenvalue weighted by Crippen LogP contribution is 2.25. The van der Waals surface area contributed by atoms with E-state index in [1.54, 1.807) is 18.4 Å². The van der Waals surface area contributed by atoms with E-state index in [4.69, 9.17) is 9.47 Å². The third-order valence-corrected chi connectivity index (χ3v) is 3.52. The van der Waals surface area contributed by atoms with Crippen LogP contribution < -0.4 is 14.8 Å². The predicted molar refractivity (Wildman–Crippen MR) is 80.5 cm³/mol. The molecule has 0 spiro atoms. The highest BCUT2D eigenvalue weighted by Gasteiger charge is 2.08. The summed E-state index contributed by atoms with van der Waals surface area (Å²) in [5, 5.41) is 17.2. The number of nitrogens with one attached hydrogen (secondary N) is 1. The van der Waals surface area contributed by atoms with Crippen LogP contribution in [0.3, 0.4) is 0 Å². The summed E-state index contributed by atoms with van der Waals surface area (Å²) in [4.78, 5) is 0. The van der Waals surface area contributed by atoms with Gasteiger partial charge in [0.05, 0.1) is 7.11 Å². The number of thiophene rings is 1. The fourth-order valence-corrected chi connectivity index (χ4v) is 2.43. The second-order valence-corrected chi connectivity index (χ2v) is 5.16. The van der Waals surface area contributed by atoms with Crippen molar-refractivity contribution in [1.29, 1.82) is 0 Å². The van der Waals surface area contributed by atoms with Crippen LogP contribution in [0.15, 0.2) is 41.1 Å². The Labute approximate surface area is 123 Å². The molecule has 0 fully saturated rings. The molecule has 0 bridgehead atoms. The lowest BCUT2D eigenvalue weighted by Crippen LogP contribution is -2.31. The van der Waals surface area contributed by atoms with Gasteiger partial charge in [-0.1, -0.05) is 12.1 Å². The van der Waals surface area contributed by atoms with Gasteiger partial charge in [-0.2, -0.15) is 11.3 Å². The lowest BCUT2D eigenvalue weighted by atomic mass is 10.3. The zero-order valence-corrected chi connectivity index (χ0v) is 12.2. The first kappa shape index (κ1) is 14.8. The second-order valence-electron chi connectivity index (χ2n) is 4.38. The molecule has 108 valence electrons. The maximum Gasteiger partial charge on any atom is 0.161 e. The number of aliphatic hydroxyl groups excluding tert-OH is 1. The van der Waals surface area contributed by atoms with Gasteiger partial charge in [0, 0.05) is 13.1 Å². The molecule has 1 atom stereocenters. The van der Waals surface area contributed by atoms with Gasteiger partial charge in [-0.15, -0.1) is 0 Å². The van der Waals surface area contributed by atoms with Gasteiger partial charge in [0.1, 0.15) is 12.7 Å². The van der Waals surface area contributed by atoms with Crippen LogP contribution in [0.5, 0.6) is 11.5 Å². The molecule has 20 heavy (non-hydrogen) atoms. The average molecular weight is 293 g/mol. The zero-order valence-electron chi connectivity index (χ0n) is 11.4. The predicted octanol–water partition coefficient (Wildman–Crippen LogP) is 2.29. The summed E-state index contributed by atoms with van der Waals surface area (Å²) in [6.45, 7) is 1.48. The summed E-state index contributed by atoms with van der Waals surface area (Å²) < 4.78 is 10.8. The number of rotatable bonds is 8. The molecular formula is C15H19NO3S. The number of para-hydroxylation sites is 2. The van der Waals surface area contributed by atoms with Crippen molar-refractivity contribution >= 4 is 11.3 Å². The first-order valence-electron chi connectivity index (χ1n) is 6.45. The number of hydrogen-bond donors (Lipinski definition) is 2. The molecule has 2 rings (SSSR count). The summed E-state index contributed by atoms with van der Waals surface area (Å²) in [5.74, 6) is 1.32. The van der Waals surface area contributed by atoms with Gasteiger partial charge in [0.2, 0.25) is 0 Å². The number of ether oxygens (including phenoxy) is 2. The monoisotopic (exact) mass is 293 g/mol. The zero-order chi connectivity index (χ0) is 14.2. The third-order valence-electron chi connectivity index (χ3n) is 2.79. The van der Waals surface area contributed by atoms with E-state index in [0.717, 1.165) is 6.54 Å². The van der Waals surface area contributed by atoms with Crippen molar-refractivity contribution in [2.45, 2.75) is 12.6 Å². The number of aliphatic hydroxyl groups is 1. The van der Waals surface area contributed by atoms with Crippen LogP contribution in [-0.2, 0) is 6.54 Å². The van der Waals surface area contributed by atoms with Gasteiger partial charge in [-0.3, -0.25) is 0 Å². The Morgan fingerprint density at radius 2 is 2.05 bits per heavy atom. The number of hydrogen-bond acceptors (Lipinski definition) is 5. The third kappa shape index (κ3) is 4.52. The van der Waals surface area contributed by atoms with E-state index >= 15 is 0 Å². The molecule has 4 nitrogen and oxygen atoms in total. The molecule has 0 aliphatic rings. The molecular weight excluding hydrogens is 274 g/mol. The van der Waals surface area contributed by atoms with Crippen molar-refractivity contribution in [3.8, 4) is 11.5 Å². The second kappa shape index (κ2) is 7.89. The smallest absolute Gasteiger partial charge is 0.161 e. The lowest BCUT2D eigenvalue weighted by molar-refractivity contribution is 0.104. The Kier molecular flexibility index (Phi) is 5.86. The summed E-state index contributed by atoms with van der Waals surface area (Å²) in [5.41, 5.74) is 1.23. The minimum absolute atomic E-state index is 0.233. The number of benzene rings is 1. The van der Waals surface area contributed by atoms with Crippen LogP contribution in [0.4, 0.5) is 0 Å². The minimum atomic E-state index is -0.557. The molecule has 1 aromatic carbocycles. The molecule has 1 unspecified atom stereocenters. The molecule has 1 aromatic heterocycles. The van der Waals surface area contributed by atoms with Gasteiger partial charge in [-0.05, 0) is 34.5 Å². The molecule has 0 radical (unpaired) electrons. The van der Waals surface area contributed by atoms with Crippen molar-refractivity contribution in [3.05, 3.63) is 46.7 Å². The molecule has 0 aliphatic heterocycles. The molecule has 2 aromatic rings. The topological polar surface area (TPSA) is 50.7 Å². The van der Waals surface area contributed by atoms with Gasteiger partial charge >= 0.3 is 0 Å². The maximum absolute atomic E-state index is 9.88. The van der Waals surface area contributed by atoms with Crippen LogP contribution in [-0.4, -0.2) is 31.5 Å². The number of methoxy groups -OCH3 is 1. The van der Waals surface area contributed by atoms with E-state index < -0.39 is 6.10 Å². The van der Waals surface area contributed by atoms with Crippen molar-refractivity contribution in [3.63, 3.8) is 0 Å². The van der Waals surface area contributed by atoms with Gasteiger partial charge in [0.25, 0.3) is 0 Å². The summed E-state index contributed by atoms with van der Waals surface area (Å²) in [7, 11) is 1.60. The van der Waals surface area contributed by atoms with Crippen LogP contribution in [0.25, 0.3) is 0 Å². The fraction of sp³-hybridized carbons (Fsp3) is 0.333. The van der Waals surface area contributed by atoms with Crippen LogP contribution in [0.1, 0.15) is 5.56 Å². The largest absolute Gasteiger partial charge is 0.493 e. The van der Waals surface area contributed by atoms with E-state index in [1.807, 2.05) is 29.6 Å². The molecule has 0 saturated carbocycles. The Morgan fingerprint density at radius 3 is 2.75 bits per heavy atom. The van der Waals surface area contributed by atoms with Crippen LogP contribution >= 0.6 is 11.3 Å². The molecule has 5 heteroatoms. The molecule has 0 aliphatic carbocycles. The Hall–Kier alpha value is -1.56. The summed E-state index contributed by atoms with van der Waals surface area (Å²) in [6, 6.07) is 9.47. The van der Waals surface area contributed by atoms with E-state index in [2.05, 4.69) is 16.8 Å². The van der Waals surface area contributed by atoms with Gasteiger partial charge in [0.15, 0.2) is 11.5 Å². The van der Waals surface area contributed by atoms with Gasteiger partial charge < -0.3 is 19.9 Å². The van der Waals surface area contributed by atoms with Gasteiger partial charge in [-0.25, -0.2) is 0 Å². The maximum atomic E-state index is 9.88. The van der Waals surface area contributed by atoms with E-state index in [1.165, 1.54) is 5.56 Å². The van der Waals surface area contributed by atoms with Crippen molar-refractivity contribution in [2.24, 2.45) is 0 Å². The van der Waals surface area contributed by atoms with E-state index in [0.29, 0.717) is 18.0 Å².